The van der Waals surface area contributed by atoms with Crippen LogP contribution in [0.2, 0.25) is 5.02 Å². The molecule has 0 spiro atoms. The van der Waals surface area contributed by atoms with Gasteiger partial charge in [-0.3, -0.25) is 24.1 Å². The van der Waals surface area contributed by atoms with E-state index in [-0.39, 0.29) is 35.5 Å². The summed E-state index contributed by atoms with van der Waals surface area (Å²) in [6.45, 7) is 0.874. The van der Waals surface area contributed by atoms with Crippen LogP contribution in [0, 0.1) is 30.6 Å². The lowest BCUT2D eigenvalue weighted by molar-refractivity contribution is -0.154. The summed E-state index contributed by atoms with van der Waals surface area (Å²) in [6.07, 6.45) is 2.90. The first kappa shape index (κ1) is 18.9. The van der Waals surface area contributed by atoms with Crippen molar-refractivity contribution in [2.45, 2.75) is 26.2 Å². The number of ether oxygens (including phenoxy) is 1. The Morgan fingerprint density at radius 2 is 1.82 bits per heavy atom. The van der Waals surface area contributed by atoms with Crippen molar-refractivity contribution in [1.82, 2.24) is 4.90 Å². The van der Waals surface area contributed by atoms with Crippen molar-refractivity contribution in [2.24, 2.45) is 23.7 Å². The number of hydrogen-bond acceptors (Lipinski definition) is 5. The van der Waals surface area contributed by atoms with Crippen LogP contribution in [0.1, 0.15) is 24.8 Å². The second-order valence-electron chi connectivity index (χ2n) is 7.82. The molecule has 2 saturated carbocycles. The minimum atomic E-state index is -0.771. The molecule has 4 rings (SSSR count). The first-order chi connectivity index (χ1) is 13.3. The van der Waals surface area contributed by atoms with Crippen LogP contribution in [0.25, 0.3) is 0 Å². The molecule has 2 aliphatic carbocycles. The number of carbonyl (C=O) groups is 4. The lowest BCUT2D eigenvalue weighted by Crippen LogP contribution is -2.38. The van der Waals surface area contributed by atoms with Crippen LogP contribution in [0.5, 0.6) is 0 Å². The third kappa shape index (κ3) is 3.28. The van der Waals surface area contributed by atoms with Crippen LogP contribution >= 0.6 is 11.6 Å². The molecule has 28 heavy (non-hydrogen) atoms. The van der Waals surface area contributed by atoms with E-state index in [1.165, 1.54) is 0 Å². The number of nitrogens with zero attached hydrogens (tertiary/aromatic N) is 1. The Bertz CT molecular complexity index is 842. The number of aryl methyl sites for hydroxylation is 1. The van der Waals surface area contributed by atoms with Crippen LogP contribution in [0.4, 0.5) is 5.69 Å². The predicted molar refractivity (Wildman–Crippen MR) is 100 cm³/mol. The summed E-state index contributed by atoms with van der Waals surface area (Å²) < 4.78 is 4.97. The van der Waals surface area contributed by atoms with E-state index in [4.69, 9.17) is 16.3 Å². The first-order valence-electron chi connectivity index (χ1n) is 9.42. The van der Waals surface area contributed by atoms with Crippen LogP contribution in [-0.2, 0) is 23.9 Å². The molecule has 3 amide bonds. The Kier molecular flexibility index (Phi) is 4.87. The molecule has 0 unspecified atom stereocenters. The number of rotatable bonds is 5. The lowest BCUT2D eigenvalue weighted by Gasteiger charge is -2.19. The van der Waals surface area contributed by atoms with Crippen LogP contribution in [0.15, 0.2) is 18.2 Å². The summed E-state index contributed by atoms with van der Waals surface area (Å²) in [7, 11) is 0. The standard InChI is InChI=1S/C20H21ClN2O5/c1-10-2-5-13(21)7-14(10)22-15(24)9-28-16(25)8-23-19(26)17-11-3-4-12(6-11)18(17)20(23)27/h2,5,7,11-12,17-18H,3-4,6,8-9H2,1H3,(H,22,24)/t11-,12+,17-,18-/m0/s1. The van der Waals surface area contributed by atoms with Gasteiger partial charge in [0, 0.05) is 10.7 Å². The summed E-state index contributed by atoms with van der Waals surface area (Å²) in [5.41, 5.74) is 1.35. The number of anilines is 1. The van der Waals surface area contributed by atoms with Gasteiger partial charge in [0.2, 0.25) is 11.8 Å². The molecule has 2 bridgehead atoms. The monoisotopic (exact) mass is 404 g/mol. The summed E-state index contributed by atoms with van der Waals surface area (Å²) >= 11 is 5.91. The van der Waals surface area contributed by atoms with Gasteiger partial charge in [0.15, 0.2) is 6.61 Å². The van der Waals surface area contributed by atoms with Crippen LogP contribution < -0.4 is 5.32 Å². The highest BCUT2D eigenvalue weighted by Gasteiger charge is 2.61. The molecule has 3 aliphatic rings. The third-order valence-corrected chi connectivity index (χ3v) is 6.38. The van der Waals surface area contributed by atoms with Crippen molar-refractivity contribution >= 4 is 41.0 Å². The smallest absolute Gasteiger partial charge is 0.326 e. The Morgan fingerprint density at radius 3 is 2.46 bits per heavy atom. The number of halogens is 1. The molecule has 1 saturated heterocycles. The molecule has 1 N–H and O–H groups in total. The zero-order valence-electron chi connectivity index (χ0n) is 15.4. The van der Waals surface area contributed by atoms with Gasteiger partial charge in [-0.25, -0.2) is 0 Å². The van der Waals surface area contributed by atoms with Crippen LogP contribution in [0.3, 0.4) is 0 Å². The highest BCUT2D eigenvalue weighted by molar-refractivity contribution is 6.31. The largest absolute Gasteiger partial charge is 0.454 e. The van der Waals surface area contributed by atoms with Gasteiger partial charge in [0.1, 0.15) is 6.54 Å². The zero-order chi connectivity index (χ0) is 20.0. The van der Waals surface area contributed by atoms with Gasteiger partial charge < -0.3 is 10.1 Å². The molecular formula is C20H21ClN2O5. The second-order valence-corrected chi connectivity index (χ2v) is 8.25. The summed E-state index contributed by atoms with van der Waals surface area (Å²) in [6, 6.07) is 5.07. The molecule has 4 atom stereocenters. The molecule has 0 aromatic heterocycles. The van der Waals surface area contributed by atoms with Crippen molar-refractivity contribution in [3.05, 3.63) is 28.8 Å². The zero-order valence-corrected chi connectivity index (χ0v) is 16.2. The maximum Gasteiger partial charge on any atom is 0.326 e. The molecule has 148 valence electrons. The van der Waals surface area contributed by atoms with Crippen molar-refractivity contribution in [1.29, 1.82) is 0 Å². The van der Waals surface area contributed by atoms with Crippen LogP contribution in [-0.4, -0.2) is 41.7 Å². The minimum Gasteiger partial charge on any atom is -0.454 e. The summed E-state index contributed by atoms with van der Waals surface area (Å²) in [5.74, 6) is -1.84. The fraction of sp³-hybridized carbons (Fsp3) is 0.500. The molecule has 1 aromatic rings. The van der Waals surface area contributed by atoms with E-state index in [1.54, 1.807) is 18.2 Å². The van der Waals surface area contributed by atoms with E-state index in [2.05, 4.69) is 5.32 Å². The molecule has 1 aromatic carbocycles. The third-order valence-electron chi connectivity index (χ3n) is 6.14. The molecule has 7 nitrogen and oxygen atoms in total. The molecular weight excluding hydrogens is 384 g/mol. The lowest BCUT2D eigenvalue weighted by atomic mass is 9.81. The maximum absolute atomic E-state index is 12.6. The Balaban J connectivity index is 1.30. The molecule has 8 heteroatoms. The number of amides is 3. The van der Waals surface area contributed by atoms with Crippen molar-refractivity contribution in [2.75, 3.05) is 18.5 Å². The first-order valence-corrected chi connectivity index (χ1v) is 9.80. The van der Waals surface area contributed by atoms with Crippen molar-refractivity contribution in [3.8, 4) is 0 Å². The topological polar surface area (TPSA) is 92.8 Å². The number of nitrogens with one attached hydrogen (secondary N) is 1. The Morgan fingerprint density at radius 1 is 1.18 bits per heavy atom. The normalized spacial score (nSPS) is 27.9. The predicted octanol–water partition coefficient (Wildman–Crippen LogP) is 2.16. The summed E-state index contributed by atoms with van der Waals surface area (Å²) in [5, 5.41) is 3.10. The number of benzene rings is 1. The second kappa shape index (κ2) is 7.20. The highest BCUT2D eigenvalue weighted by atomic mass is 35.5. The maximum atomic E-state index is 12.6. The van der Waals surface area contributed by atoms with E-state index in [1.807, 2.05) is 6.92 Å². The molecule has 1 heterocycles. The van der Waals surface area contributed by atoms with E-state index in [9.17, 15) is 19.2 Å². The molecule has 1 aliphatic heterocycles. The average molecular weight is 405 g/mol. The molecule has 3 fully saturated rings. The quantitative estimate of drug-likeness (QED) is 0.599. The number of imide groups is 1. The Labute approximate surface area is 167 Å². The van der Waals surface area contributed by atoms with Gasteiger partial charge in [-0.1, -0.05) is 17.7 Å². The van der Waals surface area contributed by atoms with E-state index in [0.717, 1.165) is 29.7 Å². The molecule has 0 radical (unpaired) electrons. The number of hydrogen-bond donors (Lipinski definition) is 1. The van der Waals surface area contributed by atoms with Gasteiger partial charge in [0.25, 0.3) is 5.91 Å². The number of fused-ring (bicyclic) bond motifs is 5. The highest BCUT2D eigenvalue weighted by Crippen LogP contribution is 2.56. The fourth-order valence-corrected chi connectivity index (χ4v) is 5.03. The van der Waals surface area contributed by atoms with Gasteiger partial charge in [-0.15, -0.1) is 0 Å². The minimum absolute atomic E-state index is 0.263. The average Bonchev–Trinajstić information content (AvgIpc) is 3.33. The number of likely N-dealkylation sites (tertiary alicyclic amines) is 1. The van der Waals surface area contributed by atoms with Crippen molar-refractivity contribution < 1.29 is 23.9 Å². The number of carbonyl (C=O) groups excluding carboxylic acids is 4. The van der Waals surface area contributed by atoms with Gasteiger partial charge >= 0.3 is 5.97 Å². The Hall–Kier alpha value is -2.41. The van der Waals surface area contributed by atoms with E-state index >= 15 is 0 Å². The van der Waals surface area contributed by atoms with Gasteiger partial charge in [-0.2, -0.15) is 0 Å². The summed E-state index contributed by atoms with van der Waals surface area (Å²) in [4.78, 5) is 50.3. The fourth-order valence-electron chi connectivity index (χ4n) is 4.86. The van der Waals surface area contributed by atoms with E-state index < -0.39 is 25.0 Å². The van der Waals surface area contributed by atoms with Crippen molar-refractivity contribution in [3.63, 3.8) is 0 Å². The van der Waals surface area contributed by atoms with Gasteiger partial charge in [-0.05, 0) is 55.7 Å². The number of esters is 1. The van der Waals surface area contributed by atoms with Gasteiger partial charge in [0.05, 0.1) is 11.8 Å². The SMILES string of the molecule is Cc1ccc(Cl)cc1NC(=O)COC(=O)CN1C(=O)[C@H]2[C@@H]3CC[C@@H](C3)[C@@H]2C1=O. The van der Waals surface area contributed by atoms with E-state index in [0.29, 0.717) is 10.7 Å².